The molecule has 1 aromatic rings. The third kappa shape index (κ3) is 5.48. The summed E-state index contributed by atoms with van der Waals surface area (Å²) in [5.41, 5.74) is 0.636. The van der Waals surface area contributed by atoms with E-state index < -0.39 is 17.3 Å². The fourth-order valence-corrected chi connectivity index (χ4v) is 2.76. The number of β-amino-alcohol motifs (C(OH)–C–C–N with tert-alkyl or cyclic N) is 1. The van der Waals surface area contributed by atoms with Crippen molar-refractivity contribution in [3.8, 4) is 17.6 Å². The Kier molecular flexibility index (Phi) is 6.17. The summed E-state index contributed by atoms with van der Waals surface area (Å²) in [7, 11) is 3.33. The second-order valence-electron chi connectivity index (χ2n) is 7.66. The monoisotopic (exact) mass is 372 g/mol. The van der Waals surface area contributed by atoms with Gasteiger partial charge in [0.25, 0.3) is 0 Å². The van der Waals surface area contributed by atoms with Gasteiger partial charge in [-0.25, -0.2) is 4.79 Å². The van der Waals surface area contributed by atoms with Crippen LogP contribution < -0.4 is 4.74 Å². The van der Waals surface area contributed by atoms with Crippen molar-refractivity contribution in [3.63, 3.8) is 0 Å². The minimum Gasteiger partial charge on any atom is -0.496 e. The van der Waals surface area contributed by atoms with Crippen LogP contribution in [0.15, 0.2) is 23.2 Å². The Balaban J connectivity index is 2.17. The molecule has 2 rings (SSSR count). The van der Waals surface area contributed by atoms with Crippen molar-refractivity contribution < 1.29 is 19.4 Å². The molecule has 1 aromatic carbocycles. The van der Waals surface area contributed by atoms with Crippen molar-refractivity contribution in [1.29, 1.82) is 0 Å². The molecule has 0 radical (unpaired) electrons. The number of nitrogens with zero attached hydrogens (tertiary/aromatic N) is 2. The summed E-state index contributed by atoms with van der Waals surface area (Å²) in [4.78, 5) is 17.9. The molecule has 1 amide bonds. The van der Waals surface area contributed by atoms with Gasteiger partial charge >= 0.3 is 6.09 Å². The van der Waals surface area contributed by atoms with Gasteiger partial charge in [0, 0.05) is 36.9 Å². The van der Waals surface area contributed by atoms with Gasteiger partial charge in [0.15, 0.2) is 0 Å². The lowest BCUT2D eigenvalue weighted by molar-refractivity contribution is 0.0239. The fraction of sp³-hybridized carbons (Fsp3) is 0.524. The smallest absolute Gasteiger partial charge is 0.410 e. The first-order valence-electron chi connectivity index (χ1n) is 8.92. The summed E-state index contributed by atoms with van der Waals surface area (Å²) >= 11 is 0. The van der Waals surface area contributed by atoms with E-state index in [1.54, 1.807) is 14.2 Å². The van der Waals surface area contributed by atoms with E-state index in [-0.39, 0.29) is 6.54 Å². The average molecular weight is 372 g/mol. The SMILES string of the molecule is CN=C(C)c1cc(C#CC2(O)CCN(C(=O)OC(C)(C)C)C2)ccc1OC. The van der Waals surface area contributed by atoms with Crippen molar-refractivity contribution in [2.45, 2.75) is 45.3 Å². The predicted octanol–water partition coefficient (Wildman–Crippen LogP) is 2.86. The quantitative estimate of drug-likeness (QED) is 0.640. The van der Waals surface area contributed by atoms with E-state index in [0.29, 0.717) is 13.0 Å². The number of amides is 1. The van der Waals surface area contributed by atoms with E-state index in [2.05, 4.69) is 16.8 Å². The molecule has 0 bridgehead atoms. The summed E-state index contributed by atoms with van der Waals surface area (Å²) < 4.78 is 10.7. The molecule has 1 unspecified atom stereocenters. The number of rotatable bonds is 2. The minimum atomic E-state index is -1.25. The predicted molar refractivity (Wildman–Crippen MR) is 105 cm³/mol. The molecule has 27 heavy (non-hydrogen) atoms. The minimum absolute atomic E-state index is 0.132. The second-order valence-corrected chi connectivity index (χ2v) is 7.66. The number of ether oxygens (including phenoxy) is 2. The number of methoxy groups -OCH3 is 1. The molecule has 6 nitrogen and oxygen atoms in total. The van der Waals surface area contributed by atoms with Crippen LogP contribution in [0.2, 0.25) is 0 Å². The highest BCUT2D eigenvalue weighted by Gasteiger charge is 2.38. The summed E-state index contributed by atoms with van der Waals surface area (Å²) in [6, 6.07) is 5.56. The van der Waals surface area contributed by atoms with Gasteiger partial charge in [-0.05, 0) is 45.9 Å². The number of benzene rings is 1. The first kappa shape index (κ1) is 20.8. The van der Waals surface area contributed by atoms with Gasteiger partial charge in [-0.2, -0.15) is 0 Å². The Hall–Kier alpha value is -2.52. The number of carbonyl (C=O) groups is 1. The van der Waals surface area contributed by atoms with Crippen molar-refractivity contribution in [2.24, 2.45) is 4.99 Å². The van der Waals surface area contributed by atoms with Crippen LogP contribution >= 0.6 is 0 Å². The first-order chi connectivity index (χ1) is 12.6. The maximum absolute atomic E-state index is 12.2. The highest BCUT2D eigenvalue weighted by molar-refractivity contribution is 6.01. The lowest BCUT2D eigenvalue weighted by Crippen LogP contribution is -2.38. The topological polar surface area (TPSA) is 71.4 Å². The molecule has 1 N–H and O–H groups in total. The van der Waals surface area contributed by atoms with E-state index in [0.717, 1.165) is 22.6 Å². The molecule has 0 aliphatic carbocycles. The zero-order valence-corrected chi connectivity index (χ0v) is 16.9. The number of aliphatic imine (C=N–C) groups is 1. The van der Waals surface area contributed by atoms with Crippen LogP contribution in [0.25, 0.3) is 0 Å². The van der Waals surface area contributed by atoms with Gasteiger partial charge < -0.3 is 19.5 Å². The zero-order chi connectivity index (χ0) is 20.2. The maximum Gasteiger partial charge on any atom is 0.410 e. The fourth-order valence-electron chi connectivity index (χ4n) is 2.76. The normalized spacial score (nSPS) is 20.1. The van der Waals surface area contributed by atoms with Crippen LogP contribution in [0.4, 0.5) is 4.79 Å². The molecule has 0 aromatic heterocycles. The molecule has 1 heterocycles. The lowest BCUT2D eigenvalue weighted by Gasteiger charge is -2.24. The van der Waals surface area contributed by atoms with Gasteiger partial charge in [0.1, 0.15) is 17.0 Å². The molecule has 1 saturated heterocycles. The van der Waals surface area contributed by atoms with Crippen molar-refractivity contribution in [2.75, 3.05) is 27.2 Å². The molecule has 1 atom stereocenters. The Bertz CT molecular complexity index is 799. The van der Waals surface area contributed by atoms with Crippen LogP contribution in [0.3, 0.4) is 0 Å². The third-order valence-electron chi connectivity index (χ3n) is 4.26. The standard InChI is InChI=1S/C21H28N2O4/c1-15(22-5)17-13-16(7-8-18(17)26-6)9-10-21(25)11-12-23(14-21)19(24)27-20(2,3)4/h7-8,13,25H,11-12,14H2,1-6H3. The number of hydrogen-bond acceptors (Lipinski definition) is 5. The molecular formula is C21H28N2O4. The highest BCUT2D eigenvalue weighted by atomic mass is 16.6. The van der Waals surface area contributed by atoms with E-state index >= 15 is 0 Å². The number of aliphatic hydroxyl groups is 1. The number of likely N-dealkylation sites (tertiary alicyclic amines) is 1. The molecule has 146 valence electrons. The molecule has 1 fully saturated rings. The van der Waals surface area contributed by atoms with Crippen molar-refractivity contribution in [1.82, 2.24) is 4.90 Å². The first-order valence-corrected chi connectivity index (χ1v) is 8.92. The van der Waals surface area contributed by atoms with Crippen molar-refractivity contribution in [3.05, 3.63) is 29.3 Å². The van der Waals surface area contributed by atoms with Gasteiger partial charge in [-0.3, -0.25) is 4.99 Å². The third-order valence-corrected chi connectivity index (χ3v) is 4.26. The van der Waals surface area contributed by atoms with Crippen LogP contribution in [0, 0.1) is 11.8 Å². The summed E-state index contributed by atoms with van der Waals surface area (Å²) in [6.07, 6.45) is -0.0423. The van der Waals surface area contributed by atoms with Gasteiger partial charge in [-0.15, -0.1) is 0 Å². The average Bonchev–Trinajstić information content (AvgIpc) is 3.00. The van der Waals surface area contributed by atoms with Gasteiger partial charge in [-0.1, -0.05) is 11.8 Å². The van der Waals surface area contributed by atoms with E-state index in [1.165, 1.54) is 4.90 Å². The summed E-state index contributed by atoms with van der Waals surface area (Å²) in [5.74, 6) is 6.66. The largest absolute Gasteiger partial charge is 0.496 e. The number of carbonyl (C=O) groups excluding carboxylic acids is 1. The second kappa shape index (κ2) is 8.01. The van der Waals surface area contributed by atoms with Gasteiger partial charge in [0.05, 0.1) is 13.7 Å². The van der Waals surface area contributed by atoms with E-state index in [4.69, 9.17) is 9.47 Å². The highest BCUT2D eigenvalue weighted by Crippen LogP contribution is 2.24. The number of hydrogen-bond donors (Lipinski definition) is 1. The van der Waals surface area contributed by atoms with Crippen LogP contribution in [0.1, 0.15) is 45.2 Å². The molecule has 0 spiro atoms. The Morgan fingerprint density at radius 1 is 1.37 bits per heavy atom. The maximum atomic E-state index is 12.2. The Labute approximate surface area is 161 Å². The molecule has 0 saturated carbocycles. The molecule has 1 aliphatic heterocycles. The molecule has 1 aliphatic rings. The van der Waals surface area contributed by atoms with Crippen LogP contribution in [0.5, 0.6) is 5.75 Å². The molecular weight excluding hydrogens is 344 g/mol. The van der Waals surface area contributed by atoms with Gasteiger partial charge in [0.2, 0.25) is 0 Å². The van der Waals surface area contributed by atoms with Crippen LogP contribution in [-0.4, -0.2) is 60.3 Å². The molecule has 6 heteroatoms. The Morgan fingerprint density at radius 2 is 2.07 bits per heavy atom. The zero-order valence-electron chi connectivity index (χ0n) is 16.9. The lowest BCUT2D eigenvalue weighted by atomic mass is 10.0. The van der Waals surface area contributed by atoms with E-state index in [1.807, 2.05) is 45.9 Å². The summed E-state index contributed by atoms with van der Waals surface area (Å²) in [6.45, 7) is 7.89. The van der Waals surface area contributed by atoms with Crippen molar-refractivity contribution >= 4 is 11.8 Å². The van der Waals surface area contributed by atoms with Crippen LogP contribution in [-0.2, 0) is 4.74 Å². The summed E-state index contributed by atoms with van der Waals surface area (Å²) in [5, 5.41) is 10.7. The Morgan fingerprint density at radius 3 is 2.67 bits per heavy atom. The van der Waals surface area contributed by atoms with E-state index in [9.17, 15) is 9.90 Å².